The van der Waals surface area contributed by atoms with E-state index >= 15 is 0 Å². The van der Waals surface area contributed by atoms with Crippen molar-refractivity contribution in [3.63, 3.8) is 0 Å². The molecule has 232 valence electrons. The smallest absolute Gasteiger partial charge is 0.199 e. The van der Waals surface area contributed by atoms with Crippen LogP contribution in [-0.2, 0) is 0 Å². The van der Waals surface area contributed by atoms with E-state index in [2.05, 4.69) is 15.3 Å². The average molecular weight is 633 g/mol. The summed E-state index contributed by atoms with van der Waals surface area (Å²) < 4.78 is 0. The van der Waals surface area contributed by atoms with E-state index in [-0.39, 0.29) is 0 Å². The molecule has 8 nitrogen and oxygen atoms in total. The van der Waals surface area contributed by atoms with Gasteiger partial charge in [0.15, 0.2) is 23.3 Å². The van der Waals surface area contributed by atoms with Crippen molar-refractivity contribution in [2.24, 2.45) is 4.99 Å². The first kappa shape index (κ1) is 29.5. The Morgan fingerprint density at radius 2 is 1.02 bits per heavy atom. The molecule has 0 spiro atoms. The van der Waals surface area contributed by atoms with Crippen LogP contribution in [0.3, 0.4) is 0 Å². The van der Waals surface area contributed by atoms with E-state index in [9.17, 15) is 0 Å². The summed E-state index contributed by atoms with van der Waals surface area (Å²) in [4.78, 5) is 28.7. The first-order valence-corrected chi connectivity index (χ1v) is 15.8. The minimum absolute atomic E-state index is 0.372. The first-order valence-electron chi connectivity index (χ1n) is 15.8. The maximum atomic E-state index is 8.82. The Balaban J connectivity index is 1.22. The molecule has 1 aliphatic heterocycles. The zero-order valence-electron chi connectivity index (χ0n) is 26.2. The molecule has 7 aromatic rings. The van der Waals surface area contributed by atoms with Crippen LogP contribution >= 0.6 is 0 Å². The van der Waals surface area contributed by atoms with E-state index in [1.54, 1.807) is 12.4 Å². The van der Waals surface area contributed by atoms with Crippen LogP contribution in [0.4, 0.5) is 5.69 Å². The molecule has 0 fully saturated rings. The largest absolute Gasteiger partial charge is 0.336 e. The minimum Gasteiger partial charge on any atom is -0.336 e. The number of aromatic nitrogens is 5. The molecular formula is C41H28N8. The normalized spacial score (nSPS) is 12.9. The number of aliphatic imine (C=N–C) groups is 1. The van der Waals surface area contributed by atoms with Crippen molar-refractivity contribution in [3.05, 3.63) is 175 Å². The molecule has 4 aromatic carbocycles. The number of para-hydroxylation sites is 1. The molecule has 1 aliphatic rings. The third kappa shape index (κ3) is 6.26. The summed E-state index contributed by atoms with van der Waals surface area (Å²) in [5.41, 5.74) is 8.98. The van der Waals surface area contributed by atoms with Crippen molar-refractivity contribution in [3.8, 4) is 45.3 Å². The highest BCUT2D eigenvalue weighted by Crippen LogP contribution is 2.31. The number of hydrogen-bond acceptors (Lipinski definition) is 8. The van der Waals surface area contributed by atoms with E-state index in [1.165, 1.54) is 0 Å². The molecule has 0 saturated carbocycles. The van der Waals surface area contributed by atoms with Crippen molar-refractivity contribution in [1.82, 2.24) is 30.2 Å². The van der Waals surface area contributed by atoms with Crippen molar-refractivity contribution < 1.29 is 0 Å². The molecule has 49 heavy (non-hydrogen) atoms. The van der Waals surface area contributed by atoms with Gasteiger partial charge in [-0.25, -0.2) is 19.9 Å². The van der Waals surface area contributed by atoms with Gasteiger partial charge in [0.1, 0.15) is 0 Å². The van der Waals surface area contributed by atoms with Gasteiger partial charge in [0, 0.05) is 40.2 Å². The van der Waals surface area contributed by atoms with Crippen molar-refractivity contribution in [2.45, 2.75) is 0 Å². The lowest BCUT2D eigenvalue weighted by Gasteiger charge is -2.21. The maximum Gasteiger partial charge on any atom is 0.199 e. The molecule has 0 unspecified atom stereocenters. The predicted octanol–water partition coefficient (Wildman–Crippen LogP) is 8.42. The topological polar surface area (TPSA) is 113 Å². The molecule has 0 aliphatic carbocycles. The second-order valence-corrected chi connectivity index (χ2v) is 11.3. The fourth-order valence-corrected chi connectivity index (χ4v) is 5.59. The standard InChI is InChI=1S/C41H28N8/c42-33(27-10-2-1-3-11-27)26-37-32-12-4-5-15-36(32)45-40(46-37)41-48-38(30-20-16-28(17-21-30)34-13-6-8-24-43-34)47-39(49-41)31-22-18-29(19-23-31)35-14-7-9-25-44-35/h1-26,42H,(H,45,46)/b37-26-,42-33?. The van der Waals surface area contributed by atoms with Crippen LogP contribution in [0.5, 0.6) is 0 Å². The highest BCUT2D eigenvalue weighted by molar-refractivity contribution is 6.14. The summed E-state index contributed by atoms with van der Waals surface area (Å²) in [5.74, 6) is 1.86. The first-order chi connectivity index (χ1) is 24.2. The number of nitrogens with zero attached hydrogens (tertiary/aromatic N) is 6. The van der Waals surface area contributed by atoms with Crippen molar-refractivity contribution in [1.29, 1.82) is 5.41 Å². The summed E-state index contributed by atoms with van der Waals surface area (Å²) in [5, 5.41) is 12.3. The van der Waals surface area contributed by atoms with Gasteiger partial charge < -0.3 is 10.7 Å². The summed E-state index contributed by atoms with van der Waals surface area (Å²) in [6, 6.07) is 45.3. The van der Waals surface area contributed by atoms with E-state index in [1.807, 2.05) is 146 Å². The second-order valence-electron chi connectivity index (χ2n) is 11.3. The Hall–Kier alpha value is -6.93. The van der Waals surface area contributed by atoms with Gasteiger partial charge in [0.05, 0.1) is 28.5 Å². The fraction of sp³-hybridized carbons (Fsp3) is 0. The summed E-state index contributed by atoms with van der Waals surface area (Å²) in [6.45, 7) is 0. The van der Waals surface area contributed by atoms with Crippen LogP contribution < -0.4 is 5.32 Å². The molecule has 0 amide bonds. The van der Waals surface area contributed by atoms with Gasteiger partial charge in [-0.3, -0.25) is 9.97 Å². The van der Waals surface area contributed by atoms with Gasteiger partial charge in [0.25, 0.3) is 0 Å². The van der Waals surface area contributed by atoms with Gasteiger partial charge in [-0.2, -0.15) is 0 Å². The van der Waals surface area contributed by atoms with Gasteiger partial charge in [-0.05, 0) is 42.0 Å². The molecular weight excluding hydrogens is 605 g/mol. The molecule has 4 heterocycles. The lowest BCUT2D eigenvalue weighted by molar-refractivity contribution is 1.02. The van der Waals surface area contributed by atoms with Gasteiger partial charge in [-0.15, -0.1) is 0 Å². The van der Waals surface area contributed by atoms with E-state index in [0.29, 0.717) is 29.0 Å². The van der Waals surface area contributed by atoms with Crippen LogP contribution in [0.2, 0.25) is 0 Å². The van der Waals surface area contributed by atoms with Crippen LogP contribution in [0, 0.1) is 5.41 Å². The number of benzene rings is 4. The zero-order chi connectivity index (χ0) is 33.0. The molecule has 8 rings (SSSR count). The molecule has 0 atom stereocenters. The van der Waals surface area contributed by atoms with Gasteiger partial charge in [0.2, 0.25) is 0 Å². The predicted molar refractivity (Wildman–Crippen MR) is 194 cm³/mol. The van der Waals surface area contributed by atoms with Gasteiger partial charge >= 0.3 is 0 Å². The Morgan fingerprint density at radius 1 is 0.510 bits per heavy atom. The second kappa shape index (κ2) is 13.1. The average Bonchev–Trinajstić information content (AvgIpc) is 3.19. The number of fused-ring (bicyclic) bond motifs is 1. The number of pyridine rings is 2. The highest BCUT2D eigenvalue weighted by atomic mass is 15.1. The van der Waals surface area contributed by atoms with E-state index in [0.717, 1.165) is 56.2 Å². The number of rotatable bonds is 7. The van der Waals surface area contributed by atoms with Crippen LogP contribution in [0.15, 0.2) is 163 Å². The Labute approximate surface area is 283 Å². The third-order valence-corrected chi connectivity index (χ3v) is 8.11. The number of hydrogen-bond donors (Lipinski definition) is 2. The molecule has 8 heteroatoms. The zero-order valence-corrected chi connectivity index (χ0v) is 26.2. The minimum atomic E-state index is 0.372. The monoisotopic (exact) mass is 632 g/mol. The lowest BCUT2D eigenvalue weighted by atomic mass is 10.0. The number of amidine groups is 1. The number of allylic oxidation sites excluding steroid dienone is 1. The third-order valence-electron chi connectivity index (χ3n) is 8.11. The highest BCUT2D eigenvalue weighted by Gasteiger charge is 2.22. The quantitative estimate of drug-likeness (QED) is 0.171. The molecule has 3 aromatic heterocycles. The lowest BCUT2D eigenvalue weighted by Crippen LogP contribution is -2.29. The van der Waals surface area contributed by atoms with Crippen LogP contribution in [0.1, 0.15) is 17.0 Å². The SMILES string of the molecule is N=C(/C=C1\NC(c2nc(-c3ccc(-c4ccccn4)cc3)nc(-c3ccc(-c4ccccn4)cc3)n2)=Nc2ccccc21)c1ccccc1. The fourth-order valence-electron chi connectivity index (χ4n) is 5.59. The molecule has 0 radical (unpaired) electrons. The Kier molecular flexibility index (Phi) is 7.85. The summed E-state index contributed by atoms with van der Waals surface area (Å²) in [6.07, 6.45) is 5.39. The van der Waals surface area contributed by atoms with Crippen LogP contribution in [-0.4, -0.2) is 36.5 Å². The van der Waals surface area contributed by atoms with E-state index in [4.69, 9.17) is 25.4 Å². The Bertz CT molecular complexity index is 2230. The molecule has 2 N–H and O–H groups in total. The van der Waals surface area contributed by atoms with E-state index < -0.39 is 0 Å². The maximum absolute atomic E-state index is 8.82. The van der Waals surface area contributed by atoms with Crippen molar-refractivity contribution in [2.75, 3.05) is 0 Å². The Morgan fingerprint density at radius 3 is 1.59 bits per heavy atom. The van der Waals surface area contributed by atoms with Crippen molar-refractivity contribution >= 4 is 22.9 Å². The summed E-state index contributed by atoms with van der Waals surface area (Å²) in [7, 11) is 0. The summed E-state index contributed by atoms with van der Waals surface area (Å²) >= 11 is 0. The molecule has 0 bridgehead atoms. The number of nitrogens with one attached hydrogen (secondary N) is 2. The van der Waals surface area contributed by atoms with Crippen LogP contribution in [0.25, 0.3) is 51.0 Å². The van der Waals surface area contributed by atoms with Gasteiger partial charge in [-0.1, -0.05) is 109 Å². The molecule has 0 saturated heterocycles.